The number of imidazole rings is 1. The van der Waals surface area contributed by atoms with E-state index in [-0.39, 0.29) is 5.56 Å². The van der Waals surface area contributed by atoms with Gasteiger partial charge in [0.1, 0.15) is 5.54 Å². The fourth-order valence-corrected chi connectivity index (χ4v) is 5.49. The zero-order valence-electron chi connectivity index (χ0n) is 21.9. The minimum Gasteiger partial charge on any atom is -0.478 e. The van der Waals surface area contributed by atoms with Crippen molar-refractivity contribution in [3.05, 3.63) is 150 Å². The molecule has 0 fully saturated rings. The Morgan fingerprint density at radius 1 is 0.825 bits per heavy atom. The summed E-state index contributed by atoms with van der Waals surface area (Å²) in [5.41, 5.74) is 3.96. The first-order valence-corrected chi connectivity index (χ1v) is 13.3. The first-order valence-electron chi connectivity index (χ1n) is 13.3. The van der Waals surface area contributed by atoms with Crippen molar-refractivity contribution < 1.29 is 9.90 Å². The van der Waals surface area contributed by atoms with Crippen LogP contribution in [0, 0.1) is 0 Å². The number of carbonyl (C=O) groups is 1. The molecular weight excluding hydrogens is 498 g/mol. The standard InChI is InChI=1S/C33H29N5O2/c39-31(40)25-17-18-30-26(23-25)24-36-38(30)21-10-19-34-32-35-20-22-37(32)33(27-11-4-1-5-12-27,28-13-6-2-7-14-28)29-15-8-3-9-16-29/h1-9,11-18,20,22-24H,10,19,21H2,(H,34,35)(H,39,40). The summed E-state index contributed by atoms with van der Waals surface area (Å²) in [6.07, 6.45) is 6.40. The van der Waals surface area contributed by atoms with Crippen LogP contribution in [-0.2, 0) is 12.1 Å². The summed E-state index contributed by atoms with van der Waals surface area (Å²) in [7, 11) is 0. The Hall–Kier alpha value is -5.17. The normalized spacial score (nSPS) is 11.5. The van der Waals surface area contributed by atoms with Gasteiger partial charge in [-0.3, -0.25) is 9.25 Å². The zero-order valence-corrected chi connectivity index (χ0v) is 21.9. The largest absolute Gasteiger partial charge is 0.478 e. The fourth-order valence-electron chi connectivity index (χ4n) is 5.49. The number of nitrogens with zero attached hydrogens (tertiary/aromatic N) is 4. The molecule has 0 unspecified atom stereocenters. The van der Waals surface area contributed by atoms with Crippen LogP contribution < -0.4 is 5.32 Å². The quantitative estimate of drug-likeness (QED) is 0.162. The van der Waals surface area contributed by atoms with Crippen LogP contribution in [0.1, 0.15) is 33.5 Å². The molecule has 0 bridgehead atoms. The highest BCUT2D eigenvalue weighted by Crippen LogP contribution is 2.42. The smallest absolute Gasteiger partial charge is 0.335 e. The van der Waals surface area contributed by atoms with Gasteiger partial charge in [0.15, 0.2) is 0 Å². The SMILES string of the molecule is O=C(O)c1ccc2c(cnn2CCCNc2nccn2C(c2ccccc2)(c2ccccc2)c2ccccc2)c1. The average molecular weight is 528 g/mol. The minimum absolute atomic E-state index is 0.263. The summed E-state index contributed by atoms with van der Waals surface area (Å²) in [6, 6.07) is 36.7. The molecule has 2 aromatic heterocycles. The molecule has 4 aromatic carbocycles. The number of aromatic nitrogens is 4. The van der Waals surface area contributed by atoms with Crippen molar-refractivity contribution in [1.29, 1.82) is 0 Å². The number of hydrogen-bond donors (Lipinski definition) is 2. The second kappa shape index (κ2) is 10.9. The van der Waals surface area contributed by atoms with E-state index < -0.39 is 11.5 Å². The third-order valence-electron chi connectivity index (χ3n) is 7.30. The maximum atomic E-state index is 11.3. The van der Waals surface area contributed by atoms with Crippen molar-refractivity contribution >= 4 is 22.8 Å². The van der Waals surface area contributed by atoms with Crippen LogP contribution in [0.4, 0.5) is 5.95 Å². The monoisotopic (exact) mass is 527 g/mol. The van der Waals surface area contributed by atoms with E-state index in [2.05, 4.69) is 87.8 Å². The highest BCUT2D eigenvalue weighted by Gasteiger charge is 2.39. The van der Waals surface area contributed by atoms with Crippen LogP contribution in [0.3, 0.4) is 0 Å². The highest BCUT2D eigenvalue weighted by atomic mass is 16.4. The maximum Gasteiger partial charge on any atom is 0.335 e. The van der Waals surface area contributed by atoms with E-state index in [4.69, 9.17) is 4.98 Å². The third-order valence-corrected chi connectivity index (χ3v) is 7.30. The Morgan fingerprint density at radius 2 is 1.43 bits per heavy atom. The molecule has 0 aliphatic heterocycles. The zero-order chi connectivity index (χ0) is 27.4. The van der Waals surface area contributed by atoms with Crippen molar-refractivity contribution in [2.45, 2.75) is 18.5 Å². The van der Waals surface area contributed by atoms with Gasteiger partial charge in [-0.05, 0) is 41.3 Å². The number of benzene rings is 4. The van der Waals surface area contributed by atoms with E-state index in [1.165, 1.54) is 0 Å². The van der Waals surface area contributed by atoms with E-state index in [9.17, 15) is 9.90 Å². The van der Waals surface area contributed by atoms with Crippen molar-refractivity contribution in [2.24, 2.45) is 0 Å². The summed E-state index contributed by atoms with van der Waals surface area (Å²) in [5.74, 6) is -0.167. The van der Waals surface area contributed by atoms with Gasteiger partial charge >= 0.3 is 5.97 Å². The number of aryl methyl sites for hydroxylation is 1. The lowest BCUT2D eigenvalue weighted by molar-refractivity contribution is 0.0697. The van der Waals surface area contributed by atoms with Crippen molar-refractivity contribution in [3.8, 4) is 0 Å². The van der Waals surface area contributed by atoms with Gasteiger partial charge in [-0.15, -0.1) is 0 Å². The molecule has 0 saturated heterocycles. The van der Waals surface area contributed by atoms with Gasteiger partial charge in [0.2, 0.25) is 5.95 Å². The third kappa shape index (κ3) is 4.52. The van der Waals surface area contributed by atoms with E-state index in [0.717, 1.165) is 40.0 Å². The molecule has 7 nitrogen and oxygen atoms in total. The Balaban J connectivity index is 1.31. The lowest BCUT2D eigenvalue weighted by atomic mass is 9.76. The Morgan fingerprint density at radius 3 is 2.00 bits per heavy atom. The molecule has 0 aliphatic carbocycles. The fraction of sp³-hybridized carbons (Fsp3) is 0.121. The van der Waals surface area contributed by atoms with Gasteiger partial charge in [0, 0.05) is 30.9 Å². The van der Waals surface area contributed by atoms with Gasteiger partial charge in [-0.25, -0.2) is 9.78 Å². The lowest BCUT2D eigenvalue weighted by Crippen LogP contribution is -2.38. The van der Waals surface area contributed by atoms with E-state index in [1.807, 2.05) is 41.3 Å². The van der Waals surface area contributed by atoms with Crippen LogP contribution in [0.2, 0.25) is 0 Å². The number of fused-ring (bicyclic) bond motifs is 1. The van der Waals surface area contributed by atoms with Gasteiger partial charge in [-0.2, -0.15) is 5.10 Å². The Bertz CT molecular complexity index is 1630. The molecule has 0 spiro atoms. The highest BCUT2D eigenvalue weighted by molar-refractivity contribution is 5.93. The van der Waals surface area contributed by atoms with Crippen LogP contribution in [-0.4, -0.2) is 37.0 Å². The first-order chi connectivity index (χ1) is 19.7. The minimum atomic E-state index is -0.938. The molecule has 0 radical (unpaired) electrons. The van der Waals surface area contributed by atoms with Crippen LogP contribution in [0.15, 0.2) is 128 Å². The summed E-state index contributed by atoms with van der Waals surface area (Å²) in [6.45, 7) is 1.37. The van der Waals surface area contributed by atoms with Gasteiger partial charge in [0.05, 0.1) is 17.3 Å². The Labute approximate surface area is 232 Å². The molecule has 7 heteroatoms. The summed E-state index contributed by atoms with van der Waals surface area (Å²) in [4.78, 5) is 16.0. The summed E-state index contributed by atoms with van der Waals surface area (Å²) in [5, 5.41) is 18.1. The maximum absolute atomic E-state index is 11.3. The average Bonchev–Trinajstić information content (AvgIpc) is 3.64. The first kappa shape index (κ1) is 25.1. The van der Waals surface area contributed by atoms with Gasteiger partial charge in [-0.1, -0.05) is 91.0 Å². The predicted octanol–water partition coefficient (Wildman–Crippen LogP) is 6.27. The molecular formula is C33H29N5O2. The topological polar surface area (TPSA) is 85.0 Å². The molecule has 0 aliphatic rings. The molecule has 40 heavy (non-hydrogen) atoms. The molecule has 6 rings (SSSR count). The van der Waals surface area contributed by atoms with Gasteiger partial charge < -0.3 is 10.4 Å². The van der Waals surface area contributed by atoms with E-state index in [0.29, 0.717) is 13.1 Å². The van der Waals surface area contributed by atoms with E-state index in [1.54, 1.807) is 18.3 Å². The van der Waals surface area contributed by atoms with Gasteiger partial charge in [0.25, 0.3) is 0 Å². The molecule has 198 valence electrons. The Kier molecular flexibility index (Phi) is 6.85. The summed E-state index contributed by atoms with van der Waals surface area (Å²) >= 11 is 0. The number of nitrogens with one attached hydrogen (secondary N) is 1. The predicted molar refractivity (Wildman–Crippen MR) is 157 cm³/mol. The van der Waals surface area contributed by atoms with Crippen LogP contribution in [0.25, 0.3) is 10.9 Å². The molecule has 0 saturated carbocycles. The number of carboxylic acids is 1. The molecule has 0 atom stereocenters. The van der Waals surface area contributed by atoms with E-state index >= 15 is 0 Å². The molecule has 6 aromatic rings. The number of carboxylic acid groups (broad SMARTS) is 1. The lowest BCUT2D eigenvalue weighted by Gasteiger charge is -2.38. The van der Waals surface area contributed by atoms with Crippen molar-refractivity contribution in [3.63, 3.8) is 0 Å². The van der Waals surface area contributed by atoms with Crippen molar-refractivity contribution in [2.75, 3.05) is 11.9 Å². The number of aromatic carboxylic acids is 1. The molecule has 2 heterocycles. The van der Waals surface area contributed by atoms with Crippen molar-refractivity contribution in [1.82, 2.24) is 19.3 Å². The molecule has 2 N–H and O–H groups in total. The van der Waals surface area contributed by atoms with Crippen LogP contribution in [0.5, 0.6) is 0 Å². The number of hydrogen-bond acceptors (Lipinski definition) is 4. The van der Waals surface area contributed by atoms with Crippen LogP contribution >= 0.6 is 0 Å². The molecule has 0 amide bonds. The second-order valence-corrected chi connectivity index (χ2v) is 9.66. The number of anilines is 1. The number of rotatable bonds is 10. The summed E-state index contributed by atoms with van der Waals surface area (Å²) < 4.78 is 4.14. The second-order valence-electron chi connectivity index (χ2n) is 9.66.